The molecule has 4 aliphatic rings. The second-order valence-electron chi connectivity index (χ2n) is 7.85. The highest BCUT2D eigenvalue weighted by Gasteiger charge is 2.45. The van der Waals surface area contributed by atoms with Crippen LogP contribution in [0.1, 0.15) is 51.4 Å². The van der Waals surface area contributed by atoms with Gasteiger partial charge in [-0.05, 0) is 57.9 Å². The summed E-state index contributed by atoms with van der Waals surface area (Å²) in [6.45, 7) is 4.89. The normalized spacial score (nSPS) is 34.8. The van der Waals surface area contributed by atoms with Crippen LogP contribution in [0.25, 0.3) is 0 Å². The standard InChI is InChI=1S/C17H30N2O/c1-18(15-5-6-15)16-11-17(20-13-16)7-9-19(10-8-17)12-14-3-2-4-14/h14-16H,2-13H2,1H3. The van der Waals surface area contributed by atoms with Crippen LogP contribution < -0.4 is 0 Å². The maximum absolute atomic E-state index is 6.32. The molecule has 0 amide bonds. The number of nitrogens with zero attached hydrogens (tertiary/aromatic N) is 2. The fraction of sp³-hybridized carbons (Fsp3) is 1.00. The van der Waals surface area contributed by atoms with Gasteiger partial charge >= 0.3 is 0 Å². The highest BCUT2D eigenvalue weighted by atomic mass is 16.5. The third-order valence-corrected chi connectivity index (χ3v) is 6.40. The number of hydrogen-bond donors (Lipinski definition) is 0. The van der Waals surface area contributed by atoms with Gasteiger partial charge in [0.25, 0.3) is 0 Å². The molecule has 1 spiro atoms. The molecule has 0 N–H and O–H groups in total. The summed E-state index contributed by atoms with van der Waals surface area (Å²) in [5.41, 5.74) is 0.240. The fourth-order valence-corrected chi connectivity index (χ4v) is 4.39. The molecular formula is C17H30N2O. The summed E-state index contributed by atoms with van der Waals surface area (Å²) in [6, 6.07) is 1.57. The average Bonchev–Trinajstić information content (AvgIpc) is 3.18. The molecule has 0 aromatic rings. The monoisotopic (exact) mass is 278 g/mol. The van der Waals surface area contributed by atoms with Crippen molar-refractivity contribution in [2.75, 3.05) is 33.3 Å². The highest BCUT2D eigenvalue weighted by molar-refractivity contribution is 4.99. The first-order chi connectivity index (χ1) is 9.74. The number of piperidine rings is 1. The predicted octanol–water partition coefficient (Wildman–Crippen LogP) is 2.50. The second kappa shape index (κ2) is 5.26. The Labute approximate surface area is 123 Å². The van der Waals surface area contributed by atoms with E-state index in [9.17, 15) is 0 Å². The van der Waals surface area contributed by atoms with Crippen LogP contribution in [-0.4, -0.2) is 60.8 Å². The van der Waals surface area contributed by atoms with E-state index < -0.39 is 0 Å². The van der Waals surface area contributed by atoms with Crippen LogP contribution in [0, 0.1) is 5.92 Å². The molecule has 3 nitrogen and oxygen atoms in total. The van der Waals surface area contributed by atoms with Gasteiger partial charge in [-0.15, -0.1) is 0 Å². The summed E-state index contributed by atoms with van der Waals surface area (Å²) < 4.78 is 6.32. The number of hydrogen-bond acceptors (Lipinski definition) is 3. The van der Waals surface area contributed by atoms with Crippen LogP contribution >= 0.6 is 0 Å². The fourth-order valence-electron chi connectivity index (χ4n) is 4.39. The minimum absolute atomic E-state index is 0.240. The van der Waals surface area contributed by atoms with E-state index in [0.29, 0.717) is 6.04 Å². The summed E-state index contributed by atoms with van der Waals surface area (Å²) in [5, 5.41) is 0. The molecular weight excluding hydrogens is 248 g/mol. The smallest absolute Gasteiger partial charge is 0.0723 e. The van der Waals surface area contributed by atoms with Crippen LogP contribution in [0.5, 0.6) is 0 Å². The molecule has 0 aromatic carbocycles. The molecule has 1 unspecified atom stereocenters. The van der Waals surface area contributed by atoms with Crippen molar-refractivity contribution < 1.29 is 4.74 Å². The lowest BCUT2D eigenvalue weighted by molar-refractivity contribution is -0.0476. The predicted molar refractivity (Wildman–Crippen MR) is 80.9 cm³/mol. The SMILES string of the molecule is CN(C1CC1)C1COC2(CCN(CC3CCC3)CC2)C1. The van der Waals surface area contributed by atoms with Crippen LogP contribution in [0.4, 0.5) is 0 Å². The van der Waals surface area contributed by atoms with Crippen molar-refractivity contribution >= 4 is 0 Å². The quantitative estimate of drug-likeness (QED) is 0.786. The Hall–Kier alpha value is -0.120. The molecule has 4 fully saturated rings. The zero-order valence-corrected chi connectivity index (χ0v) is 13.0. The van der Waals surface area contributed by atoms with Crippen molar-refractivity contribution in [2.45, 2.75) is 69.1 Å². The van der Waals surface area contributed by atoms with Crippen molar-refractivity contribution in [1.29, 1.82) is 0 Å². The first-order valence-electron chi connectivity index (χ1n) is 8.82. The first-order valence-corrected chi connectivity index (χ1v) is 8.82. The van der Waals surface area contributed by atoms with E-state index in [4.69, 9.17) is 4.74 Å². The molecule has 0 bridgehead atoms. The Kier molecular flexibility index (Phi) is 3.56. The van der Waals surface area contributed by atoms with Crippen LogP contribution in [-0.2, 0) is 4.74 Å². The maximum Gasteiger partial charge on any atom is 0.0723 e. The van der Waals surface area contributed by atoms with Gasteiger partial charge in [0, 0.05) is 31.7 Å². The van der Waals surface area contributed by atoms with Crippen molar-refractivity contribution in [3.8, 4) is 0 Å². The van der Waals surface area contributed by atoms with Gasteiger partial charge in [-0.2, -0.15) is 0 Å². The average molecular weight is 278 g/mol. The number of likely N-dealkylation sites (N-methyl/N-ethyl adjacent to an activating group) is 1. The first kappa shape index (κ1) is 13.5. The summed E-state index contributed by atoms with van der Waals surface area (Å²) >= 11 is 0. The van der Waals surface area contributed by atoms with Crippen molar-refractivity contribution in [2.24, 2.45) is 5.92 Å². The maximum atomic E-state index is 6.32. The molecule has 0 radical (unpaired) electrons. The molecule has 2 saturated heterocycles. The second-order valence-corrected chi connectivity index (χ2v) is 7.85. The molecule has 2 heterocycles. The third-order valence-electron chi connectivity index (χ3n) is 6.40. The molecule has 1 atom stereocenters. The zero-order chi connectivity index (χ0) is 13.6. The topological polar surface area (TPSA) is 15.7 Å². The molecule has 2 saturated carbocycles. The molecule has 0 aromatic heterocycles. The molecule has 20 heavy (non-hydrogen) atoms. The summed E-state index contributed by atoms with van der Waals surface area (Å²) in [5.74, 6) is 1.02. The Morgan fingerprint density at radius 3 is 2.45 bits per heavy atom. The van der Waals surface area contributed by atoms with Gasteiger partial charge in [0.15, 0.2) is 0 Å². The lowest BCUT2D eigenvalue weighted by Crippen LogP contribution is -2.46. The Morgan fingerprint density at radius 2 is 1.85 bits per heavy atom. The van der Waals surface area contributed by atoms with E-state index in [1.54, 1.807) is 0 Å². The van der Waals surface area contributed by atoms with Gasteiger partial charge in [0.1, 0.15) is 0 Å². The number of rotatable bonds is 4. The van der Waals surface area contributed by atoms with Gasteiger partial charge in [-0.25, -0.2) is 0 Å². The van der Waals surface area contributed by atoms with Crippen LogP contribution in [0.3, 0.4) is 0 Å². The van der Waals surface area contributed by atoms with E-state index in [1.807, 2.05) is 0 Å². The summed E-state index contributed by atoms with van der Waals surface area (Å²) in [4.78, 5) is 5.31. The Bertz CT molecular complexity index is 343. The third kappa shape index (κ3) is 2.65. The van der Waals surface area contributed by atoms with Gasteiger partial charge in [0.05, 0.1) is 12.2 Å². The zero-order valence-electron chi connectivity index (χ0n) is 13.0. The lowest BCUT2D eigenvalue weighted by atomic mass is 9.83. The summed E-state index contributed by atoms with van der Waals surface area (Å²) in [6.07, 6.45) is 11.1. The van der Waals surface area contributed by atoms with Gasteiger partial charge in [-0.3, -0.25) is 4.90 Å². The van der Waals surface area contributed by atoms with E-state index in [2.05, 4.69) is 16.8 Å². The molecule has 2 aliphatic carbocycles. The van der Waals surface area contributed by atoms with E-state index in [1.165, 1.54) is 71.0 Å². The van der Waals surface area contributed by atoms with Crippen molar-refractivity contribution in [3.05, 3.63) is 0 Å². The Morgan fingerprint density at radius 1 is 1.10 bits per heavy atom. The molecule has 114 valence electrons. The van der Waals surface area contributed by atoms with E-state index >= 15 is 0 Å². The lowest BCUT2D eigenvalue weighted by Gasteiger charge is -2.41. The van der Waals surface area contributed by atoms with E-state index in [-0.39, 0.29) is 5.60 Å². The molecule has 4 rings (SSSR count). The minimum atomic E-state index is 0.240. The Balaban J connectivity index is 1.27. The largest absolute Gasteiger partial charge is 0.373 e. The number of ether oxygens (including phenoxy) is 1. The van der Waals surface area contributed by atoms with Crippen molar-refractivity contribution in [1.82, 2.24) is 9.80 Å². The van der Waals surface area contributed by atoms with Gasteiger partial charge < -0.3 is 9.64 Å². The molecule has 2 aliphatic heterocycles. The summed E-state index contributed by atoms with van der Waals surface area (Å²) in [7, 11) is 2.32. The van der Waals surface area contributed by atoms with Crippen LogP contribution in [0.2, 0.25) is 0 Å². The highest BCUT2D eigenvalue weighted by Crippen LogP contribution is 2.40. The van der Waals surface area contributed by atoms with E-state index in [0.717, 1.165) is 18.6 Å². The van der Waals surface area contributed by atoms with Crippen molar-refractivity contribution in [3.63, 3.8) is 0 Å². The van der Waals surface area contributed by atoms with Gasteiger partial charge in [0.2, 0.25) is 0 Å². The minimum Gasteiger partial charge on any atom is -0.373 e. The van der Waals surface area contributed by atoms with Crippen LogP contribution in [0.15, 0.2) is 0 Å². The molecule has 3 heteroatoms. The number of likely N-dealkylation sites (tertiary alicyclic amines) is 1. The van der Waals surface area contributed by atoms with Gasteiger partial charge in [-0.1, -0.05) is 6.42 Å².